The van der Waals surface area contributed by atoms with Crippen molar-refractivity contribution in [1.82, 2.24) is 9.88 Å². The molecule has 1 aromatic carbocycles. The molecule has 1 aliphatic heterocycles. The minimum absolute atomic E-state index is 0.00484. The number of anilines is 1. The van der Waals surface area contributed by atoms with E-state index in [9.17, 15) is 4.79 Å². The predicted molar refractivity (Wildman–Crippen MR) is 99.7 cm³/mol. The Kier molecular flexibility index (Phi) is 5.01. The maximum atomic E-state index is 12.5. The summed E-state index contributed by atoms with van der Waals surface area (Å²) < 4.78 is 0. The van der Waals surface area contributed by atoms with Gasteiger partial charge in [0.25, 0.3) is 5.91 Å². The van der Waals surface area contributed by atoms with Gasteiger partial charge in [-0.1, -0.05) is 32.9 Å². The molecule has 24 heavy (non-hydrogen) atoms. The predicted octanol–water partition coefficient (Wildman–Crippen LogP) is 4.29. The van der Waals surface area contributed by atoms with Crippen LogP contribution in [0.1, 0.15) is 55.2 Å². The van der Waals surface area contributed by atoms with E-state index in [-0.39, 0.29) is 11.3 Å². The summed E-state index contributed by atoms with van der Waals surface area (Å²) in [5, 5.41) is 5.60. The van der Waals surface area contributed by atoms with Crippen molar-refractivity contribution in [3.05, 3.63) is 46.5 Å². The van der Waals surface area contributed by atoms with Crippen LogP contribution in [0.15, 0.2) is 29.6 Å². The minimum Gasteiger partial charge on any atom is -0.299 e. The summed E-state index contributed by atoms with van der Waals surface area (Å²) in [5.41, 5.74) is 2.89. The number of nitrogens with one attached hydrogen (secondary N) is 1. The smallest absolute Gasteiger partial charge is 0.257 e. The summed E-state index contributed by atoms with van der Waals surface area (Å²) >= 11 is 1.48. The van der Waals surface area contributed by atoms with Gasteiger partial charge >= 0.3 is 0 Å². The van der Waals surface area contributed by atoms with E-state index in [1.807, 2.05) is 23.6 Å². The maximum absolute atomic E-state index is 12.5. The fraction of sp³-hybridized carbons (Fsp3) is 0.474. The van der Waals surface area contributed by atoms with Gasteiger partial charge in [0.2, 0.25) is 0 Å². The van der Waals surface area contributed by atoms with Crippen LogP contribution in [0.25, 0.3) is 0 Å². The molecule has 0 radical (unpaired) electrons. The number of hydrogen-bond acceptors (Lipinski definition) is 4. The molecule has 0 bridgehead atoms. The molecule has 2 aromatic rings. The number of nitrogens with zero attached hydrogens (tertiary/aromatic N) is 2. The molecule has 3 rings (SSSR count). The van der Waals surface area contributed by atoms with E-state index >= 15 is 0 Å². The number of carbonyl (C=O) groups is 1. The van der Waals surface area contributed by atoms with Gasteiger partial charge in [-0.15, -0.1) is 11.3 Å². The summed E-state index contributed by atoms with van der Waals surface area (Å²) in [7, 11) is 0. The molecule has 1 fully saturated rings. The lowest BCUT2D eigenvalue weighted by Crippen LogP contribution is -2.19. The van der Waals surface area contributed by atoms with Gasteiger partial charge < -0.3 is 0 Å². The SMILES string of the molecule is CC(C)(C)c1csc(NC(=O)c2cccc(CN3CCCC3)c2)n1. The Morgan fingerprint density at radius 3 is 2.71 bits per heavy atom. The van der Waals surface area contributed by atoms with Gasteiger partial charge in [0.15, 0.2) is 5.13 Å². The Balaban J connectivity index is 1.67. The van der Waals surface area contributed by atoms with Crippen LogP contribution in [0, 0.1) is 0 Å². The van der Waals surface area contributed by atoms with Crippen LogP contribution in [-0.2, 0) is 12.0 Å². The first-order chi connectivity index (χ1) is 11.4. The number of hydrogen-bond donors (Lipinski definition) is 1. The first-order valence-electron chi connectivity index (χ1n) is 8.50. The van der Waals surface area contributed by atoms with Gasteiger partial charge in [0.1, 0.15) is 0 Å². The van der Waals surface area contributed by atoms with Gasteiger partial charge in [0, 0.05) is 22.9 Å². The van der Waals surface area contributed by atoms with Gasteiger partial charge in [-0.2, -0.15) is 0 Å². The first kappa shape index (κ1) is 17.1. The molecule has 1 amide bonds. The van der Waals surface area contributed by atoms with E-state index in [0.717, 1.165) is 25.3 Å². The lowest BCUT2D eigenvalue weighted by atomic mass is 9.93. The zero-order valence-electron chi connectivity index (χ0n) is 14.6. The second-order valence-corrected chi connectivity index (χ2v) is 8.28. The van der Waals surface area contributed by atoms with Gasteiger partial charge in [0.05, 0.1) is 5.69 Å². The van der Waals surface area contributed by atoms with Crippen molar-refractivity contribution in [3.63, 3.8) is 0 Å². The summed E-state index contributed by atoms with van der Waals surface area (Å²) in [6, 6.07) is 7.91. The molecule has 0 atom stereocenters. The molecule has 0 unspecified atom stereocenters. The number of rotatable bonds is 4. The van der Waals surface area contributed by atoms with Crippen molar-refractivity contribution >= 4 is 22.4 Å². The molecule has 1 N–H and O–H groups in total. The molecule has 1 aromatic heterocycles. The fourth-order valence-corrected chi connectivity index (χ4v) is 3.79. The van der Waals surface area contributed by atoms with Crippen LogP contribution in [0.5, 0.6) is 0 Å². The molecule has 0 spiro atoms. The first-order valence-corrected chi connectivity index (χ1v) is 9.38. The normalized spacial score (nSPS) is 15.6. The van der Waals surface area contributed by atoms with Crippen molar-refractivity contribution in [2.24, 2.45) is 0 Å². The van der Waals surface area contributed by atoms with Gasteiger partial charge in [-0.05, 0) is 43.6 Å². The summed E-state index contributed by atoms with van der Waals surface area (Å²) in [6.45, 7) is 9.60. The Bertz CT molecular complexity index is 711. The monoisotopic (exact) mass is 343 g/mol. The second kappa shape index (κ2) is 7.03. The third-order valence-corrected chi connectivity index (χ3v) is 5.04. The van der Waals surface area contributed by atoms with E-state index in [2.05, 4.69) is 42.0 Å². The lowest BCUT2D eigenvalue weighted by molar-refractivity contribution is 0.102. The molecular formula is C19H25N3OS. The molecule has 1 aliphatic rings. The number of amides is 1. The molecule has 5 heteroatoms. The van der Waals surface area contributed by atoms with E-state index < -0.39 is 0 Å². The van der Waals surface area contributed by atoms with Crippen molar-refractivity contribution in [2.45, 2.75) is 45.6 Å². The van der Waals surface area contributed by atoms with E-state index in [0.29, 0.717) is 10.7 Å². The second-order valence-electron chi connectivity index (χ2n) is 7.43. The van der Waals surface area contributed by atoms with E-state index in [4.69, 9.17) is 0 Å². The van der Waals surface area contributed by atoms with Crippen LogP contribution in [0.2, 0.25) is 0 Å². The fourth-order valence-electron chi connectivity index (χ4n) is 2.85. The molecule has 4 nitrogen and oxygen atoms in total. The standard InChI is InChI=1S/C19H25N3OS/c1-19(2,3)16-13-24-18(20-16)21-17(23)15-8-6-7-14(11-15)12-22-9-4-5-10-22/h6-8,11,13H,4-5,9-10,12H2,1-3H3,(H,20,21,23). The Morgan fingerprint density at radius 2 is 2.04 bits per heavy atom. The summed E-state index contributed by atoms with van der Waals surface area (Å²) in [5.74, 6) is -0.0897. The highest BCUT2D eigenvalue weighted by molar-refractivity contribution is 7.14. The van der Waals surface area contributed by atoms with Crippen molar-refractivity contribution < 1.29 is 4.79 Å². The Morgan fingerprint density at radius 1 is 1.29 bits per heavy atom. The van der Waals surface area contributed by atoms with Crippen molar-refractivity contribution in [2.75, 3.05) is 18.4 Å². The van der Waals surface area contributed by atoms with E-state index in [1.165, 1.54) is 29.7 Å². The third-order valence-electron chi connectivity index (χ3n) is 4.29. The number of carbonyl (C=O) groups excluding carboxylic acids is 1. The molecule has 0 saturated carbocycles. The van der Waals surface area contributed by atoms with Crippen LogP contribution in [-0.4, -0.2) is 28.9 Å². The molecule has 128 valence electrons. The van der Waals surface area contributed by atoms with Crippen LogP contribution < -0.4 is 5.32 Å². The molecule has 0 aliphatic carbocycles. The topological polar surface area (TPSA) is 45.2 Å². The van der Waals surface area contributed by atoms with Gasteiger partial charge in [-0.25, -0.2) is 4.98 Å². The van der Waals surface area contributed by atoms with Crippen molar-refractivity contribution in [3.8, 4) is 0 Å². The molecular weight excluding hydrogens is 318 g/mol. The molecule has 1 saturated heterocycles. The zero-order chi connectivity index (χ0) is 17.2. The van der Waals surface area contributed by atoms with Crippen LogP contribution in [0.3, 0.4) is 0 Å². The third kappa shape index (κ3) is 4.22. The highest BCUT2D eigenvalue weighted by Crippen LogP contribution is 2.26. The van der Waals surface area contributed by atoms with Crippen molar-refractivity contribution in [1.29, 1.82) is 0 Å². The highest BCUT2D eigenvalue weighted by atomic mass is 32.1. The lowest BCUT2D eigenvalue weighted by Gasteiger charge is -2.15. The van der Waals surface area contributed by atoms with Crippen LogP contribution >= 0.6 is 11.3 Å². The Labute approximate surface area is 147 Å². The minimum atomic E-state index is -0.0897. The number of thiazole rings is 1. The number of aromatic nitrogens is 1. The van der Waals surface area contributed by atoms with Crippen LogP contribution in [0.4, 0.5) is 5.13 Å². The zero-order valence-corrected chi connectivity index (χ0v) is 15.4. The molecule has 2 heterocycles. The average molecular weight is 343 g/mol. The van der Waals surface area contributed by atoms with E-state index in [1.54, 1.807) is 0 Å². The number of likely N-dealkylation sites (tertiary alicyclic amines) is 1. The largest absolute Gasteiger partial charge is 0.299 e. The summed E-state index contributed by atoms with van der Waals surface area (Å²) in [6.07, 6.45) is 2.56. The Hall–Kier alpha value is -1.72. The highest BCUT2D eigenvalue weighted by Gasteiger charge is 2.18. The summed E-state index contributed by atoms with van der Waals surface area (Å²) in [4.78, 5) is 19.5. The van der Waals surface area contributed by atoms with Gasteiger partial charge in [-0.3, -0.25) is 15.0 Å². The quantitative estimate of drug-likeness (QED) is 0.901. The average Bonchev–Trinajstić information content (AvgIpc) is 3.18. The number of benzene rings is 1. The maximum Gasteiger partial charge on any atom is 0.257 e.